The summed E-state index contributed by atoms with van der Waals surface area (Å²) >= 11 is 6.20. The minimum Gasteiger partial charge on any atom is -0.351 e. The van der Waals surface area contributed by atoms with Gasteiger partial charge in [-0.25, -0.2) is 8.42 Å². The zero-order valence-electron chi connectivity index (χ0n) is 15.9. The lowest BCUT2D eigenvalue weighted by atomic mass is 10.2. The van der Waals surface area contributed by atoms with Gasteiger partial charge in [-0.1, -0.05) is 35.9 Å². The van der Waals surface area contributed by atoms with E-state index in [0.717, 1.165) is 0 Å². The van der Waals surface area contributed by atoms with Crippen LogP contribution >= 0.6 is 11.6 Å². The summed E-state index contributed by atoms with van der Waals surface area (Å²) in [6.45, 7) is 4.83. The molecule has 0 radical (unpaired) electrons. The molecular weight excluding hydrogens is 398 g/mol. The fraction of sp³-hybridized carbons (Fsp3) is 0.250. The average molecular weight is 422 g/mol. The number of hydrogen-bond donors (Lipinski definition) is 1. The molecule has 28 heavy (non-hydrogen) atoms. The number of amides is 1. The number of para-hydroxylation sites is 1. The van der Waals surface area contributed by atoms with Gasteiger partial charge in [0.1, 0.15) is 0 Å². The van der Waals surface area contributed by atoms with E-state index in [1.165, 1.54) is 22.5 Å². The zero-order chi connectivity index (χ0) is 20.7. The van der Waals surface area contributed by atoms with Crippen LogP contribution in [-0.2, 0) is 10.0 Å². The van der Waals surface area contributed by atoms with Crippen molar-refractivity contribution in [2.24, 2.45) is 0 Å². The summed E-state index contributed by atoms with van der Waals surface area (Å²) in [5.74, 6) is -0.327. The number of likely N-dealkylation sites (N-methyl/N-ethyl adjacent to an activating group) is 1. The van der Waals surface area contributed by atoms with Gasteiger partial charge < -0.3 is 10.2 Å². The van der Waals surface area contributed by atoms with E-state index < -0.39 is 10.0 Å². The van der Waals surface area contributed by atoms with Gasteiger partial charge in [-0.2, -0.15) is 0 Å². The van der Waals surface area contributed by atoms with Gasteiger partial charge in [0.05, 0.1) is 22.2 Å². The standard InChI is InChI=1S/C20H24ClN3O3S/c1-4-13-24(19-11-6-5-10-18(19)21)28(26,27)17-9-7-8-16(15-17)20(25)22-12-14-23(2)3/h4-11,15H,1,12-14H2,2-3H3,(H,22,25). The number of nitrogens with one attached hydrogen (secondary N) is 1. The molecule has 0 saturated carbocycles. The first-order valence-electron chi connectivity index (χ1n) is 8.68. The van der Waals surface area contributed by atoms with E-state index in [4.69, 9.17) is 11.6 Å². The molecule has 0 atom stereocenters. The Morgan fingerprint density at radius 3 is 2.54 bits per heavy atom. The van der Waals surface area contributed by atoms with E-state index in [-0.39, 0.29) is 22.9 Å². The second kappa shape index (κ2) is 9.73. The lowest BCUT2D eigenvalue weighted by molar-refractivity contribution is 0.0951. The second-order valence-electron chi connectivity index (χ2n) is 6.36. The van der Waals surface area contributed by atoms with E-state index in [0.29, 0.717) is 23.8 Å². The first-order chi connectivity index (χ1) is 13.3. The minimum atomic E-state index is -3.94. The van der Waals surface area contributed by atoms with E-state index in [1.807, 2.05) is 19.0 Å². The number of halogens is 1. The highest BCUT2D eigenvalue weighted by atomic mass is 35.5. The number of nitrogens with zero attached hydrogens (tertiary/aromatic N) is 2. The van der Waals surface area contributed by atoms with Gasteiger partial charge in [0.2, 0.25) is 0 Å². The number of carbonyl (C=O) groups is 1. The van der Waals surface area contributed by atoms with Crippen LogP contribution in [0.3, 0.4) is 0 Å². The van der Waals surface area contributed by atoms with Gasteiger partial charge in [0.15, 0.2) is 0 Å². The summed E-state index contributed by atoms with van der Waals surface area (Å²) in [5, 5.41) is 3.09. The summed E-state index contributed by atoms with van der Waals surface area (Å²) in [5.41, 5.74) is 0.627. The molecule has 0 heterocycles. The Morgan fingerprint density at radius 1 is 1.18 bits per heavy atom. The molecule has 0 aliphatic carbocycles. The predicted octanol–water partition coefficient (Wildman–Crippen LogP) is 3.01. The van der Waals surface area contributed by atoms with Gasteiger partial charge >= 0.3 is 0 Å². The van der Waals surface area contributed by atoms with Crippen LogP contribution in [0.1, 0.15) is 10.4 Å². The van der Waals surface area contributed by atoms with Crippen molar-refractivity contribution in [1.82, 2.24) is 10.2 Å². The Balaban J connectivity index is 2.35. The molecule has 0 aliphatic heterocycles. The van der Waals surface area contributed by atoms with Crippen molar-refractivity contribution < 1.29 is 13.2 Å². The average Bonchev–Trinajstić information content (AvgIpc) is 2.66. The Kier molecular flexibility index (Phi) is 7.62. The summed E-state index contributed by atoms with van der Waals surface area (Å²) < 4.78 is 27.6. The van der Waals surface area contributed by atoms with Crippen molar-refractivity contribution in [1.29, 1.82) is 0 Å². The highest BCUT2D eigenvalue weighted by Crippen LogP contribution is 2.30. The molecule has 0 aromatic heterocycles. The van der Waals surface area contributed by atoms with Crippen LogP contribution in [0.25, 0.3) is 0 Å². The topological polar surface area (TPSA) is 69.7 Å². The molecule has 0 bridgehead atoms. The molecule has 0 saturated heterocycles. The molecule has 2 rings (SSSR count). The molecule has 2 aromatic carbocycles. The van der Waals surface area contributed by atoms with Crippen LogP contribution in [0.2, 0.25) is 5.02 Å². The molecule has 1 amide bonds. The van der Waals surface area contributed by atoms with E-state index in [9.17, 15) is 13.2 Å². The Hall–Kier alpha value is -2.35. The fourth-order valence-corrected chi connectivity index (χ4v) is 4.31. The van der Waals surface area contributed by atoms with E-state index in [1.54, 1.807) is 36.4 Å². The molecule has 1 N–H and O–H groups in total. The molecule has 150 valence electrons. The van der Waals surface area contributed by atoms with Gasteiger partial charge in [-0.15, -0.1) is 6.58 Å². The number of carbonyl (C=O) groups excluding carboxylic acids is 1. The van der Waals surface area contributed by atoms with Crippen LogP contribution in [0.5, 0.6) is 0 Å². The van der Waals surface area contributed by atoms with E-state index >= 15 is 0 Å². The summed E-state index contributed by atoms with van der Waals surface area (Å²) in [4.78, 5) is 14.3. The summed E-state index contributed by atoms with van der Waals surface area (Å²) in [6, 6.07) is 12.6. The number of rotatable bonds is 9. The van der Waals surface area contributed by atoms with Crippen molar-refractivity contribution in [3.63, 3.8) is 0 Å². The first kappa shape index (κ1) is 21.9. The number of sulfonamides is 1. The third-order valence-electron chi connectivity index (χ3n) is 3.94. The van der Waals surface area contributed by atoms with Crippen LogP contribution < -0.4 is 9.62 Å². The molecule has 2 aromatic rings. The Morgan fingerprint density at radius 2 is 1.89 bits per heavy atom. The monoisotopic (exact) mass is 421 g/mol. The van der Waals surface area contributed by atoms with Gasteiger partial charge in [0.25, 0.3) is 15.9 Å². The Bertz CT molecular complexity index is 945. The molecule has 0 fully saturated rings. The normalized spacial score (nSPS) is 11.3. The van der Waals surface area contributed by atoms with Crippen LogP contribution in [0.4, 0.5) is 5.69 Å². The molecule has 0 aliphatic rings. The highest BCUT2D eigenvalue weighted by Gasteiger charge is 2.26. The smallest absolute Gasteiger partial charge is 0.264 e. The molecule has 0 unspecified atom stereocenters. The van der Waals surface area contributed by atoms with Gasteiger partial charge in [0, 0.05) is 18.7 Å². The van der Waals surface area contributed by atoms with Crippen molar-refractivity contribution in [3.05, 3.63) is 71.8 Å². The lowest BCUT2D eigenvalue weighted by Gasteiger charge is -2.24. The SMILES string of the molecule is C=CCN(c1ccccc1Cl)S(=O)(=O)c1cccc(C(=O)NCCN(C)C)c1. The third-order valence-corrected chi connectivity index (χ3v) is 6.04. The van der Waals surface area contributed by atoms with Crippen LogP contribution in [0, 0.1) is 0 Å². The first-order valence-corrected chi connectivity index (χ1v) is 10.5. The van der Waals surface area contributed by atoms with Gasteiger partial charge in [-0.3, -0.25) is 9.10 Å². The lowest BCUT2D eigenvalue weighted by Crippen LogP contribution is -2.33. The number of benzene rings is 2. The molecule has 8 heteroatoms. The van der Waals surface area contributed by atoms with Crippen LogP contribution in [0.15, 0.2) is 66.1 Å². The molecule has 6 nitrogen and oxygen atoms in total. The second-order valence-corrected chi connectivity index (χ2v) is 8.63. The van der Waals surface area contributed by atoms with Crippen molar-refractivity contribution in [2.45, 2.75) is 4.90 Å². The maximum Gasteiger partial charge on any atom is 0.264 e. The Labute approximate surface area is 171 Å². The summed E-state index contributed by atoms with van der Waals surface area (Å²) in [6.07, 6.45) is 1.48. The quantitative estimate of drug-likeness (QED) is 0.632. The van der Waals surface area contributed by atoms with Crippen molar-refractivity contribution in [2.75, 3.05) is 38.0 Å². The van der Waals surface area contributed by atoms with Gasteiger partial charge in [-0.05, 0) is 44.4 Å². The largest absolute Gasteiger partial charge is 0.351 e. The minimum absolute atomic E-state index is 0.00882. The zero-order valence-corrected chi connectivity index (χ0v) is 17.5. The maximum absolute atomic E-state index is 13.2. The summed E-state index contributed by atoms with van der Waals surface area (Å²) in [7, 11) is -0.129. The number of hydrogen-bond acceptors (Lipinski definition) is 4. The maximum atomic E-state index is 13.2. The third kappa shape index (κ3) is 5.34. The van der Waals surface area contributed by atoms with Crippen molar-refractivity contribution >= 4 is 33.2 Å². The number of anilines is 1. The van der Waals surface area contributed by atoms with Crippen molar-refractivity contribution in [3.8, 4) is 0 Å². The molecule has 0 spiro atoms. The van der Waals surface area contributed by atoms with Crippen LogP contribution in [-0.4, -0.2) is 53.0 Å². The fourth-order valence-electron chi connectivity index (χ4n) is 2.52. The van der Waals surface area contributed by atoms with E-state index in [2.05, 4.69) is 11.9 Å². The molecular formula is C20H24ClN3O3S. The predicted molar refractivity (Wildman–Crippen MR) is 114 cm³/mol. The highest BCUT2D eigenvalue weighted by molar-refractivity contribution is 7.92.